The highest BCUT2D eigenvalue weighted by Gasteiger charge is 2.51. The van der Waals surface area contributed by atoms with Crippen LogP contribution in [0.3, 0.4) is 0 Å². The number of ether oxygens (including phenoxy) is 2. The number of urea groups is 1. The van der Waals surface area contributed by atoms with E-state index < -0.39 is 52.9 Å². The van der Waals surface area contributed by atoms with Gasteiger partial charge in [-0.25, -0.2) is 14.6 Å². The Balaban J connectivity index is 1.33. The maximum Gasteiger partial charge on any atom is 0.355 e. The maximum absolute atomic E-state index is 13.9. The molecule has 7 N–H and O–H groups in total. The van der Waals surface area contributed by atoms with E-state index in [2.05, 4.69) is 31.9 Å². The van der Waals surface area contributed by atoms with Gasteiger partial charge in [-0.05, 0) is 54.9 Å². The lowest BCUT2D eigenvalue weighted by Crippen LogP contribution is -2.54. The quantitative estimate of drug-likeness (QED) is 0.0927. The van der Waals surface area contributed by atoms with Gasteiger partial charge in [0.1, 0.15) is 12.6 Å². The summed E-state index contributed by atoms with van der Waals surface area (Å²) in [5.41, 5.74) is 11.2. The van der Waals surface area contributed by atoms with Gasteiger partial charge in [0.15, 0.2) is 0 Å². The van der Waals surface area contributed by atoms with E-state index in [4.69, 9.17) is 25.9 Å². The van der Waals surface area contributed by atoms with Crippen molar-refractivity contribution in [3.63, 3.8) is 0 Å². The van der Waals surface area contributed by atoms with Gasteiger partial charge < -0.3 is 41.5 Å². The number of cyclic esters (lactones) is 1. The van der Waals surface area contributed by atoms with E-state index >= 15 is 0 Å². The third kappa shape index (κ3) is 8.23. The summed E-state index contributed by atoms with van der Waals surface area (Å²) in [4.78, 5) is 83.1. The summed E-state index contributed by atoms with van der Waals surface area (Å²) in [5, 5.41) is 8.85. The molecule has 3 atom stereocenters. The molecule has 16 heteroatoms. The molecule has 53 heavy (non-hydrogen) atoms. The average molecular weight is 797 g/mol. The topological polar surface area (TPSA) is 227 Å². The number of amides is 4. The number of benzene rings is 1. The van der Waals surface area contributed by atoms with Crippen LogP contribution in [0.4, 0.5) is 4.79 Å². The number of carbonyl (C=O) groups is 5. The number of halogens is 1. The lowest BCUT2D eigenvalue weighted by atomic mass is 9.84. The van der Waals surface area contributed by atoms with Crippen LogP contribution in [-0.4, -0.2) is 64.5 Å². The minimum absolute atomic E-state index is 0.0000859. The van der Waals surface area contributed by atoms with Crippen LogP contribution in [0.1, 0.15) is 77.0 Å². The molecule has 0 radical (unpaired) electrons. The summed E-state index contributed by atoms with van der Waals surface area (Å²) in [6.07, 6.45) is 0.307. The number of carbonyl (C=O) groups excluding carboxylic acids is 5. The Morgan fingerprint density at radius 2 is 1.87 bits per heavy atom. The summed E-state index contributed by atoms with van der Waals surface area (Å²) < 4.78 is 14.0. The number of esters is 2. The summed E-state index contributed by atoms with van der Waals surface area (Å²) in [6.45, 7) is 8.95. The first-order valence-electron chi connectivity index (χ1n) is 17.6. The second-order valence-electron chi connectivity index (χ2n) is 14.7. The number of nitrogens with zero attached hydrogens (tertiary/aromatic N) is 2. The fourth-order valence-electron chi connectivity index (χ4n) is 6.61. The largest absolute Gasteiger partial charge is 0.457 e. The van der Waals surface area contributed by atoms with E-state index in [-0.39, 0.29) is 68.1 Å². The van der Waals surface area contributed by atoms with Gasteiger partial charge in [-0.3, -0.25) is 19.2 Å². The SMILES string of the molecule is CC[C@@]1(OC(=O)CC(C)(C)CNC(=O)[C@H](CCCNC(N)=O)NC(=O)[C@@H](N)C(C)C)C(=O)OCc2c1cc1n(c2=O)Cc2cc3c(Br)cccc3nc2-1. The summed E-state index contributed by atoms with van der Waals surface area (Å²) >= 11 is 3.57. The van der Waals surface area contributed by atoms with Gasteiger partial charge in [0.25, 0.3) is 5.56 Å². The number of primary amides is 1. The lowest BCUT2D eigenvalue weighted by molar-refractivity contribution is -0.190. The predicted molar refractivity (Wildman–Crippen MR) is 199 cm³/mol. The Morgan fingerprint density at radius 3 is 2.55 bits per heavy atom. The summed E-state index contributed by atoms with van der Waals surface area (Å²) in [7, 11) is 0. The number of hydrogen-bond acceptors (Lipinski definition) is 10. The molecule has 2 aliphatic heterocycles. The Hall–Kier alpha value is -4.83. The van der Waals surface area contributed by atoms with Crippen LogP contribution in [0.2, 0.25) is 0 Å². The summed E-state index contributed by atoms with van der Waals surface area (Å²) in [5.74, 6) is -2.70. The molecule has 5 rings (SSSR count). The van der Waals surface area contributed by atoms with Crippen LogP contribution < -0.4 is 33.0 Å². The van der Waals surface area contributed by atoms with Crippen molar-refractivity contribution < 1.29 is 33.4 Å². The van der Waals surface area contributed by atoms with Crippen molar-refractivity contribution in [1.29, 1.82) is 0 Å². The minimum atomic E-state index is -1.88. The molecule has 0 unspecified atom stereocenters. The molecule has 0 saturated heterocycles. The summed E-state index contributed by atoms with van der Waals surface area (Å²) in [6, 6.07) is 6.85. The molecule has 0 fully saturated rings. The Labute approximate surface area is 315 Å². The van der Waals surface area contributed by atoms with Crippen molar-refractivity contribution in [3.05, 3.63) is 61.8 Å². The molecule has 4 amide bonds. The Kier molecular flexibility index (Phi) is 11.6. The van der Waals surface area contributed by atoms with E-state index in [1.165, 1.54) is 0 Å². The molecule has 0 saturated carbocycles. The predicted octanol–water partition coefficient (Wildman–Crippen LogP) is 2.84. The number of nitrogens with one attached hydrogen (secondary N) is 3. The number of rotatable bonds is 14. The Morgan fingerprint density at radius 1 is 1.13 bits per heavy atom. The molecule has 15 nitrogen and oxygen atoms in total. The van der Waals surface area contributed by atoms with Crippen molar-refractivity contribution in [2.45, 2.75) is 91.1 Å². The average Bonchev–Trinajstić information content (AvgIpc) is 3.46. The number of pyridine rings is 2. The molecular weight excluding hydrogens is 750 g/mol. The zero-order chi connectivity index (χ0) is 38.8. The standard InChI is InChI=1S/C37H46BrN7O8/c1-6-37(53-28(46)15-36(4,5)18-42-31(47)26(11-8-12-41-35(40)51)44-32(48)29(39)19(2)3)23-14-27-30-20(13-21-24(38)9-7-10-25(21)43-30)16-45(27)33(49)22(23)17-52-34(37)50/h7,9-10,13-14,19,26,29H,6,8,11-12,15-18,39H2,1-5H3,(H,42,47)(H,44,48)(H3,40,41,51)/t26-,29-,37-/m0/s1. The minimum Gasteiger partial charge on any atom is -0.457 e. The molecule has 3 aromatic rings. The first kappa shape index (κ1) is 39.4. The normalized spacial score (nSPS) is 17.2. The molecule has 4 heterocycles. The van der Waals surface area contributed by atoms with Crippen molar-refractivity contribution in [2.75, 3.05) is 13.1 Å². The van der Waals surface area contributed by atoms with E-state index in [1.807, 2.05) is 24.3 Å². The first-order valence-corrected chi connectivity index (χ1v) is 18.4. The van der Waals surface area contributed by atoms with E-state index in [0.29, 0.717) is 17.8 Å². The van der Waals surface area contributed by atoms with Gasteiger partial charge in [-0.15, -0.1) is 0 Å². The fourth-order valence-corrected chi connectivity index (χ4v) is 7.08. The van der Waals surface area contributed by atoms with Gasteiger partial charge in [-0.2, -0.15) is 0 Å². The van der Waals surface area contributed by atoms with Crippen LogP contribution in [0, 0.1) is 11.3 Å². The van der Waals surface area contributed by atoms with E-state index in [0.717, 1.165) is 20.9 Å². The Bertz CT molecular complexity index is 2030. The second-order valence-corrected chi connectivity index (χ2v) is 15.5. The number of fused-ring (bicyclic) bond motifs is 5. The van der Waals surface area contributed by atoms with Crippen molar-refractivity contribution in [3.8, 4) is 11.4 Å². The van der Waals surface area contributed by atoms with Gasteiger partial charge in [0.2, 0.25) is 17.4 Å². The van der Waals surface area contributed by atoms with Crippen molar-refractivity contribution in [2.24, 2.45) is 22.8 Å². The number of nitrogens with two attached hydrogens (primary N) is 2. The van der Waals surface area contributed by atoms with Crippen LogP contribution in [0.5, 0.6) is 0 Å². The molecule has 1 aromatic carbocycles. The third-order valence-corrected chi connectivity index (χ3v) is 10.4. The molecule has 0 aliphatic carbocycles. The number of hydrogen-bond donors (Lipinski definition) is 5. The zero-order valence-corrected chi connectivity index (χ0v) is 32.1. The fraction of sp³-hybridized carbons (Fsp3) is 0.486. The van der Waals surface area contributed by atoms with Crippen molar-refractivity contribution in [1.82, 2.24) is 25.5 Å². The van der Waals surface area contributed by atoms with Crippen LogP contribution in [-0.2, 0) is 47.4 Å². The molecule has 2 aliphatic rings. The molecule has 284 valence electrons. The molecule has 0 bridgehead atoms. The third-order valence-electron chi connectivity index (χ3n) is 9.74. The molecular formula is C37H46BrN7O8. The highest BCUT2D eigenvalue weighted by molar-refractivity contribution is 9.10. The van der Waals surface area contributed by atoms with E-state index in [9.17, 15) is 28.8 Å². The monoisotopic (exact) mass is 795 g/mol. The van der Waals surface area contributed by atoms with Gasteiger partial charge in [0, 0.05) is 34.1 Å². The van der Waals surface area contributed by atoms with Gasteiger partial charge >= 0.3 is 18.0 Å². The second kappa shape index (κ2) is 15.6. The van der Waals surface area contributed by atoms with E-state index in [1.54, 1.807) is 45.3 Å². The van der Waals surface area contributed by atoms with Crippen LogP contribution >= 0.6 is 15.9 Å². The lowest BCUT2D eigenvalue weighted by Gasteiger charge is -2.36. The smallest absolute Gasteiger partial charge is 0.355 e. The maximum atomic E-state index is 13.9. The molecule has 2 aromatic heterocycles. The first-order chi connectivity index (χ1) is 25.0. The van der Waals surface area contributed by atoms with Gasteiger partial charge in [0.05, 0.1) is 41.5 Å². The van der Waals surface area contributed by atoms with Gasteiger partial charge in [-0.1, -0.05) is 56.6 Å². The van der Waals surface area contributed by atoms with Crippen LogP contribution in [0.25, 0.3) is 22.3 Å². The zero-order valence-electron chi connectivity index (χ0n) is 30.5. The van der Waals surface area contributed by atoms with Crippen LogP contribution in [0.15, 0.2) is 39.6 Å². The molecule has 0 spiro atoms. The van der Waals surface area contributed by atoms with Crippen molar-refractivity contribution >= 4 is 56.6 Å². The highest BCUT2D eigenvalue weighted by Crippen LogP contribution is 2.42. The number of aromatic nitrogens is 2. The highest BCUT2D eigenvalue weighted by atomic mass is 79.9.